The summed E-state index contributed by atoms with van der Waals surface area (Å²) >= 11 is 1.61. The molecule has 5 heteroatoms. The van der Waals surface area contributed by atoms with Crippen LogP contribution >= 0.6 is 11.3 Å². The van der Waals surface area contributed by atoms with E-state index in [1.807, 2.05) is 19.5 Å². The number of carbonyl (C=O) groups excluding carboxylic acids is 1. The number of rotatable bonds is 7. The van der Waals surface area contributed by atoms with Crippen LogP contribution in [0.15, 0.2) is 5.51 Å². The van der Waals surface area contributed by atoms with Crippen LogP contribution in [0.25, 0.3) is 0 Å². The second kappa shape index (κ2) is 7.01. The third-order valence-electron chi connectivity index (χ3n) is 3.49. The highest BCUT2D eigenvalue weighted by Crippen LogP contribution is 2.26. The van der Waals surface area contributed by atoms with Crippen LogP contribution in [0.3, 0.4) is 0 Å². The van der Waals surface area contributed by atoms with E-state index in [-0.39, 0.29) is 11.3 Å². The van der Waals surface area contributed by atoms with Gasteiger partial charge in [-0.15, -0.1) is 11.3 Å². The molecule has 0 aliphatic rings. The molecule has 0 spiro atoms. The Hall–Kier alpha value is -0.940. The van der Waals surface area contributed by atoms with Crippen molar-refractivity contribution in [1.29, 1.82) is 0 Å². The van der Waals surface area contributed by atoms with Crippen LogP contribution in [0.5, 0.6) is 0 Å². The van der Waals surface area contributed by atoms with Crippen LogP contribution in [0.4, 0.5) is 0 Å². The lowest BCUT2D eigenvalue weighted by Gasteiger charge is -2.25. The first-order chi connectivity index (χ1) is 8.85. The summed E-state index contributed by atoms with van der Waals surface area (Å²) in [5.41, 5.74) is 8.58. The number of thiazole rings is 1. The first-order valence-electron chi connectivity index (χ1n) is 6.69. The van der Waals surface area contributed by atoms with Crippen LogP contribution in [-0.2, 0) is 11.3 Å². The van der Waals surface area contributed by atoms with E-state index in [1.54, 1.807) is 16.2 Å². The number of hydrogen-bond donors (Lipinski definition) is 1. The fourth-order valence-electron chi connectivity index (χ4n) is 1.93. The molecule has 0 aromatic carbocycles. The van der Waals surface area contributed by atoms with E-state index in [0.29, 0.717) is 19.5 Å². The summed E-state index contributed by atoms with van der Waals surface area (Å²) < 4.78 is 0. The Morgan fingerprint density at radius 3 is 2.68 bits per heavy atom. The number of aryl methyl sites for hydroxylation is 1. The molecule has 0 bridgehead atoms. The molecule has 0 unspecified atom stereocenters. The minimum Gasteiger partial charge on any atom is -0.341 e. The summed E-state index contributed by atoms with van der Waals surface area (Å²) in [6.45, 7) is 7.65. The Balaban J connectivity index is 2.43. The molecule has 0 saturated carbocycles. The first kappa shape index (κ1) is 16.1. The van der Waals surface area contributed by atoms with Crippen LogP contribution in [0, 0.1) is 12.3 Å². The third kappa shape index (κ3) is 5.28. The summed E-state index contributed by atoms with van der Waals surface area (Å²) in [5, 5.41) is 0. The Kier molecular flexibility index (Phi) is 5.94. The molecule has 1 heterocycles. The minimum absolute atomic E-state index is 0.144. The van der Waals surface area contributed by atoms with Crippen LogP contribution in [0.2, 0.25) is 0 Å². The fraction of sp³-hybridized carbons (Fsp3) is 0.714. The van der Waals surface area contributed by atoms with Crippen molar-refractivity contribution in [1.82, 2.24) is 9.88 Å². The zero-order chi connectivity index (χ0) is 14.5. The second-order valence-corrected chi connectivity index (χ2v) is 6.75. The van der Waals surface area contributed by atoms with Gasteiger partial charge in [-0.05, 0) is 31.7 Å². The summed E-state index contributed by atoms with van der Waals surface area (Å²) in [5.74, 6) is 0.192. The lowest BCUT2D eigenvalue weighted by Crippen LogP contribution is -2.28. The van der Waals surface area contributed by atoms with E-state index in [0.717, 1.165) is 23.4 Å². The van der Waals surface area contributed by atoms with E-state index in [1.165, 1.54) is 0 Å². The highest BCUT2D eigenvalue weighted by molar-refractivity contribution is 7.09. The van der Waals surface area contributed by atoms with Crippen molar-refractivity contribution in [2.45, 2.75) is 46.6 Å². The van der Waals surface area contributed by atoms with Gasteiger partial charge in [0, 0.05) is 18.3 Å². The van der Waals surface area contributed by atoms with Crippen molar-refractivity contribution >= 4 is 17.2 Å². The molecule has 1 aromatic heterocycles. The number of nitrogens with two attached hydrogens (primary N) is 1. The predicted octanol–water partition coefficient (Wildman–Crippen LogP) is 2.57. The molecule has 4 nitrogen and oxygen atoms in total. The number of amides is 1. The second-order valence-electron chi connectivity index (χ2n) is 5.81. The lowest BCUT2D eigenvalue weighted by molar-refractivity contribution is -0.131. The number of carbonyl (C=O) groups is 1. The molecular weight excluding hydrogens is 258 g/mol. The molecule has 0 aliphatic carbocycles. The zero-order valence-corrected chi connectivity index (χ0v) is 13.2. The van der Waals surface area contributed by atoms with Gasteiger partial charge in [-0.2, -0.15) is 0 Å². The lowest BCUT2D eigenvalue weighted by atomic mass is 9.84. The predicted molar refractivity (Wildman–Crippen MR) is 80.0 cm³/mol. The Morgan fingerprint density at radius 1 is 1.47 bits per heavy atom. The largest absolute Gasteiger partial charge is 0.341 e. The number of nitrogens with zero attached hydrogens (tertiary/aromatic N) is 2. The fourth-order valence-corrected chi connectivity index (χ4v) is 2.76. The average Bonchev–Trinajstić information content (AvgIpc) is 2.72. The normalized spacial score (nSPS) is 11.6. The summed E-state index contributed by atoms with van der Waals surface area (Å²) in [7, 11) is 1.86. The first-order valence-corrected chi connectivity index (χ1v) is 7.56. The van der Waals surface area contributed by atoms with Crippen molar-refractivity contribution in [2.75, 3.05) is 13.6 Å². The Labute approximate surface area is 120 Å². The van der Waals surface area contributed by atoms with Gasteiger partial charge in [0.25, 0.3) is 0 Å². The van der Waals surface area contributed by atoms with Gasteiger partial charge in [-0.25, -0.2) is 4.98 Å². The summed E-state index contributed by atoms with van der Waals surface area (Å²) in [6.07, 6.45) is 2.42. The van der Waals surface area contributed by atoms with E-state index >= 15 is 0 Å². The summed E-state index contributed by atoms with van der Waals surface area (Å²) in [6, 6.07) is 0. The van der Waals surface area contributed by atoms with Crippen LogP contribution in [0.1, 0.15) is 43.7 Å². The highest BCUT2D eigenvalue weighted by atomic mass is 32.1. The van der Waals surface area contributed by atoms with Gasteiger partial charge in [0.2, 0.25) is 5.91 Å². The quantitative estimate of drug-likeness (QED) is 0.836. The van der Waals surface area contributed by atoms with Crippen molar-refractivity contribution in [2.24, 2.45) is 11.1 Å². The Morgan fingerprint density at radius 2 is 2.16 bits per heavy atom. The molecule has 108 valence electrons. The van der Waals surface area contributed by atoms with Gasteiger partial charge in [-0.3, -0.25) is 4.79 Å². The van der Waals surface area contributed by atoms with Crippen molar-refractivity contribution in [3.8, 4) is 0 Å². The monoisotopic (exact) mass is 283 g/mol. The molecule has 0 radical (unpaired) electrons. The SMILES string of the molecule is Cc1ncsc1CN(C)C(=O)CCC(C)(C)CCN. The van der Waals surface area contributed by atoms with E-state index in [4.69, 9.17) is 5.73 Å². The van der Waals surface area contributed by atoms with Gasteiger partial charge < -0.3 is 10.6 Å². The topological polar surface area (TPSA) is 59.2 Å². The third-order valence-corrected chi connectivity index (χ3v) is 4.41. The molecular formula is C14H25N3OS. The maximum Gasteiger partial charge on any atom is 0.222 e. The van der Waals surface area contributed by atoms with Crippen LogP contribution < -0.4 is 5.73 Å². The molecule has 0 atom stereocenters. The maximum atomic E-state index is 12.1. The van der Waals surface area contributed by atoms with Gasteiger partial charge in [-0.1, -0.05) is 13.8 Å². The van der Waals surface area contributed by atoms with E-state index in [9.17, 15) is 4.79 Å². The van der Waals surface area contributed by atoms with Gasteiger partial charge in [0.1, 0.15) is 0 Å². The van der Waals surface area contributed by atoms with Crippen LogP contribution in [-0.4, -0.2) is 29.4 Å². The van der Waals surface area contributed by atoms with Gasteiger partial charge >= 0.3 is 0 Å². The molecule has 1 rings (SSSR count). The average molecular weight is 283 g/mol. The summed E-state index contributed by atoms with van der Waals surface area (Å²) in [4.78, 5) is 19.3. The molecule has 1 aromatic rings. The standard InChI is InChI=1S/C14H25N3OS/c1-11-12(19-10-16-11)9-17(4)13(18)5-6-14(2,3)7-8-15/h10H,5-9,15H2,1-4H3. The number of hydrogen-bond acceptors (Lipinski definition) is 4. The molecule has 2 N–H and O–H groups in total. The Bertz CT molecular complexity index is 415. The smallest absolute Gasteiger partial charge is 0.222 e. The zero-order valence-electron chi connectivity index (χ0n) is 12.4. The molecule has 0 aliphatic heterocycles. The van der Waals surface area contributed by atoms with E-state index < -0.39 is 0 Å². The van der Waals surface area contributed by atoms with Crippen molar-refractivity contribution in [3.05, 3.63) is 16.1 Å². The van der Waals surface area contributed by atoms with Crippen molar-refractivity contribution < 1.29 is 4.79 Å². The molecule has 0 fully saturated rings. The molecule has 19 heavy (non-hydrogen) atoms. The minimum atomic E-state index is 0.144. The van der Waals surface area contributed by atoms with Gasteiger partial charge in [0.05, 0.1) is 17.7 Å². The molecule has 1 amide bonds. The van der Waals surface area contributed by atoms with E-state index in [2.05, 4.69) is 18.8 Å². The number of aromatic nitrogens is 1. The van der Waals surface area contributed by atoms with Crippen molar-refractivity contribution in [3.63, 3.8) is 0 Å². The molecule has 0 saturated heterocycles. The highest BCUT2D eigenvalue weighted by Gasteiger charge is 2.20. The van der Waals surface area contributed by atoms with Gasteiger partial charge in [0.15, 0.2) is 0 Å². The maximum absolute atomic E-state index is 12.1.